The Balaban J connectivity index is 1.64. The lowest BCUT2D eigenvalue weighted by Gasteiger charge is -2.17. The van der Waals surface area contributed by atoms with Crippen molar-refractivity contribution >= 4 is 34.2 Å². The minimum absolute atomic E-state index is 0.328. The van der Waals surface area contributed by atoms with Gasteiger partial charge in [-0.25, -0.2) is 4.79 Å². The number of alkyl halides is 3. The van der Waals surface area contributed by atoms with E-state index in [2.05, 4.69) is 10.6 Å². The van der Waals surface area contributed by atoms with Gasteiger partial charge in [0.2, 0.25) is 0 Å². The fourth-order valence-electron chi connectivity index (χ4n) is 4.05. The number of ether oxygens (including phenoxy) is 1. The highest BCUT2D eigenvalue weighted by atomic mass is 19.4. The topological polar surface area (TPSA) is 72.4 Å². The van der Waals surface area contributed by atoms with Crippen LogP contribution in [0.25, 0.3) is 10.9 Å². The number of aromatic nitrogens is 1. The van der Waals surface area contributed by atoms with Crippen molar-refractivity contribution in [3.8, 4) is 0 Å². The smallest absolute Gasteiger partial charge is 0.416 e. The summed E-state index contributed by atoms with van der Waals surface area (Å²) < 4.78 is 45.4. The molecule has 6 nitrogen and oxygen atoms in total. The number of carbonyl (C=O) groups excluding carboxylic acids is 2. The molecule has 0 saturated heterocycles. The third kappa shape index (κ3) is 4.91. The lowest BCUT2D eigenvalue weighted by Crippen LogP contribution is -2.29. The standard InChI is InChI=1S/C27H24F3N3O3/c1-16(17-8-10-18(11-9-17)26(35)36-3)31-25(34)24-23(21-6-4-5-7-22(21)33(24)2)32-20-14-12-19(13-15-20)27(28,29)30/h4-16,32H,1-3H3,(H,31,34). The Hall–Kier alpha value is -4.27. The molecule has 1 heterocycles. The van der Waals surface area contributed by atoms with Crippen molar-refractivity contribution in [3.63, 3.8) is 0 Å². The zero-order valence-corrected chi connectivity index (χ0v) is 19.8. The van der Waals surface area contributed by atoms with Crippen LogP contribution < -0.4 is 10.6 Å². The fourth-order valence-corrected chi connectivity index (χ4v) is 4.05. The zero-order chi connectivity index (χ0) is 26.0. The first-order valence-corrected chi connectivity index (χ1v) is 11.1. The second kappa shape index (κ2) is 9.77. The zero-order valence-electron chi connectivity index (χ0n) is 19.8. The molecule has 0 fully saturated rings. The van der Waals surface area contributed by atoms with Crippen LogP contribution in [-0.2, 0) is 18.0 Å². The predicted octanol–water partition coefficient (Wildman–Crippen LogP) is 6.22. The molecule has 0 radical (unpaired) electrons. The molecule has 0 aliphatic carbocycles. The second-order valence-corrected chi connectivity index (χ2v) is 8.31. The fraction of sp³-hybridized carbons (Fsp3) is 0.185. The van der Waals surface area contributed by atoms with Crippen LogP contribution in [-0.4, -0.2) is 23.6 Å². The Morgan fingerprint density at radius 2 is 1.58 bits per heavy atom. The lowest BCUT2D eigenvalue weighted by atomic mass is 10.1. The quantitative estimate of drug-likeness (QED) is 0.312. The summed E-state index contributed by atoms with van der Waals surface area (Å²) in [6.07, 6.45) is -4.44. The highest BCUT2D eigenvalue weighted by Crippen LogP contribution is 2.35. The SMILES string of the molecule is COC(=O)c1ccc(C(C)NC(=O)c2c(Nc3ccc(C(F)(F)F)cc3)c3ccccc3n2C)cc1. The number of methoxy groups -OCH3 is 1. The predicted molar refractivity (Wildman–Crippen MR) is 131 cm³/mol. The number of nitrogens with one attached hydrogen (secondary N) is 2. The first-order valence-electron chi connectivity index (χ1n) is 11.1. The van der Waals surface area contributed by atoms with Gasteiger partial charge in [-0.1, -0.05) is 30.3 Å². The van der Waals surface area contributed by atoms with E-state index in [1.807, 2.05) is 31.2 Å². The van der Waals surface area contributed by atoms with E-state index in [-0.39, 0.29) is 11.9 Å². The van der Waals surface area contributed by atoms with Gasteiger partial charge in [0, 0.05) is 18.1 Å². The van der Waals surface area contributed by atoms with E-state index in [9.17, 15) is 22.8 Å². The van der Waals surface area contributed by atoms with Gasteiger partial charge in [0.25, 0.3) is 5.91 Å². The molecule has 1 aromatic heterocycles. The number of nitrogens with zero attached hydrogens (tertiary/aromatic N) is 1. The number of para-hydroxylation sites is 1. The van der Waals surface area contributed by atoms with Crippen LogP contribution in [0.5, 0.6) is 0 Å². The number of benzene rings is 3. The summed E-state index contributed by atoms with van der Waals surface area (Å²) in [5.74, 6) is -0.819. The van der Waals surface area contributed by atoms with Crippen molar-refractivity contribution in [3.05, 3.63) is 95.2 Å². The Morgan fingerprint density at radius 1 is 0.944 bits per heavy atom. The van der Waals surface area contributed by atoms with E-state index in [0.29, 0.717) is 22.6 Å². The summed E-state index contributed by atoms with van der Waals surface area (Å²) in [5.41, 5.74) is 2.44. The number of halogens is 3. The maximum absolute atomic E-state index is 13.4. The molecule has 1 atom stereocenters. The number of fused-ring (bicyclic) bond motifs is 1. The molecule has 2 N–H and O–H groups in total. The van der Waals surface area contributed by atoms with E-state index < -0.39 is 17.7 Å². The molecular formula is C27H24F3N3O3. The molecule has 0 aliphatic rings. The van der Waals surface area contributed by atoms with E-state index in [1.54, 1.807) is 35.9 Å². The third-order valence-corrected chi connectivity index (χ3v) is 5.98. The maximum Gasteiger partial charge on any atom is 0.416 e. The number of hydrogen-bond acceptors (Lipinski definition) is 4. The summed E-state index contributed by atoms with van der Waals surface area (Å²) in [5, 5.41) is 6.85. The van der Waals surface area contributed by atoms with Crippen LogP contribution in [0.2, 0.25) is 0 Å². The first-order chi connectivity index (χ1) is 17.1. The van der Waals surface area contributed by atoms with E-state index in [1.165, 1.54) is 19.2 Å². The maximum atomic E-state index is 13.4. The van der Waals surface area contributed by atoms with Gasteiger partial charge in [0.1, 0.15) is 5.69 Å². The molecular weight excluding hydrogens is 471 g/mol. The summed E-state index contributed by atoms with van der Waals surface area (Å²) in [6.45, 7) is 1.82. The van der Waals surface area contributed by atoms with E-state index in [0.717, 1.165) is 28.6 Å². The molecule has 1 unspecified atom stereocenters. The number of aryl methyl sites for hydroxylation is 1. The first kappa shape index (κ1) is 24.8. The largest absolute Gasteiger partial charge is 0.465 e. The normalized spacial score (nSPS) is 12.3. The van der Waals surface area contributed by atoms with Crippen molar-refractivity contribution in [1.29, 1.82) is 0 Å². The lowest BCUT2D eigenvalue weighted by molar-refractivity contribution is -0.137. The average molecular weight is 496 g/mol. The number of esters is 1. The van der Waals surface area contributed by atoms with Crippen LogP contribution in [0, 0.1) is 0 Å². The molecule has 4 rings (SSSR count). The van der Waals surface area contributed by atoms with Crippen LogP contribution in [0.15, 0.2) is 72.8 Å². The minimum Gasteiger partial charge on any atom is -0.465 e. The van der Waals surface area contributed by atoms with E-state index >= 15 is 0 Å². The van der Waals surface area contributed by atoms with Crippen LogP contribution in [0.3, 0.4) is 0 Å². The molecule has 0 bridgehead atoms. The third-order valence-electron chi connectivity index (χ3n) is 5.98. The molecule has 1 amide bonds. The van der Waals surface area contributed by atoms with Gasteiger partial charge >= 0.3 is 12.1 Å². The molecule has 3 aromatic carbocycles. The van der Waals surface area contributed by atoms with Crippen LogP contribution in [0.4, 0.5) is 24.5 Å². The van der Waals surface area contributed by atoms with Gasteiger partial charge in [0.15, 0.2) is 0 Å². The Labute approximate surface area is 205 Å². The number of hydrogen-bond donors (Lipinski definition) is 2. The second-order valence-electron chi connectivity index (χ2n) is 8.31. The van der Waals surface area contributed by atoms with Crippen molar-refractivity contribution in [2.75, 3.05) is 12.4 Å². The van der Waals surface area contributed by atoms with Gasteiger partial charge in [-0.05, 0) is 55.0 Å². The highest BCUT2D eigenvalue weighted by Gasteiger charge is 2.30. The van der Waals surface area contributed by atoms with Gasteiger partial charge in [0.05, 0.1) is 35.5 Å². The summed E-state index contributed by atoms with van der Waals surface area (Å²) in [4.78, 5) is 25.1. The highest BCUT2D eigenvalue weighted by molar-refractivity contribution is 6.09. The Kier molecular flexibility index (Phi) is 6.74. The molecule has 186 valence electrons. The Morgan fingerprint density at radius 3 is 2.19 bits per heavy atom. The molecule has 0 aliphatic heterocycles. The average Bonchev–Trinajstić information content (AvgIpc) is 3.14. The van der Waals surface area contributed by atoms with Crippen molar-refractivity contribution in [2.45, 2.75) is 19.1 Å². The number of amides is 1. The van der Waals surface area contributed by atoms with Gasteiger partial charge in [-0.2, -0.15) is 13.2 Å². The molecule has 9 heteroatoms. The summed E-state index contributed by atoms with van der Waals surface area (Å²) in [7, 11) is 3.06. The number of anilines is 2. The van der Waals surface area contributed by atoms with Gasteiger partial charge < -0.3 is 19.9 Å². The van der Waals surface area contributed by atoms with Gasteiger partial charge in [-0.3, -0.25) is 4.79 Å². The molecule has 0 saturated carbocycles. The number of carbonyl (C=O) groups is 2. The molecule has 4 aromatic rings. The summed E-state index contributed by atoms with van der Waals surface area (Å²) in [6, 6.07) is 18.4. The Bertz CT molecular complexity index is 1410. The van der Waals surface area contributed by atoms with E-state index in [4.69, 9.17) is 4.74 Å². The van der Waals surface area contributed by atoms with Crippen molar-refractivity contribution < 1.29 is 27.5 Å². The monoisotopic (exact) mass is 495 g/mol. The van der Waals surface area contributed by atoms with Crippen molar-refractivity contribution in [2.24, 2.45) is 7.05 Å². The number of rotatable bonds is 6. The van der Waals surface area contributed by atoms with Crippen LogP contribution >= 0.6 is 0 Å². The van der Waals surface area contributed by atoms with Crippen molar-refractivity contribution in [1.82, 2.24) is 9.88 Å². The minimum atomic E-state index is -4.44. The van der Waals surface area contributed by atoms with Crippen LogP contribution in [0.1, 0.15) is 44.9 Å². The molecule has 0 spiro atoms. The van der Waals surface area contributed by atoms with Gasteiger partial charge in [-0.15, -0.1) is 0 Å². The summed E-state index contributed by atoms with van der Waals surface area (Å²) >= 11 is 0. The molecule has 36 heavy (non-hydrogen) atoms.